The van der Waals surface area contributed by atoms with Crippen LogP contribution in [-0.4, -0.2) is 76.7 Å². The number of nitrogens with two attached hydrogens (primary N) is 1. The minimum absolute atomic E-state index is 0.0777. The van der Waals surface area contributed by atoms with Gasteiger partial charge in [-0.3, -0.25) is 14.4 Å². The van der Waals surface area contributed by atoms with Gasteiger partial charge in [-0.25, -0.2) is 4.79 Å². The van der Waals surface area contributed by atoms with Crippen LogP contribution < -0.4 is 21.7 Å². The van der Waals surface area contributed by atoms with Gasteiger partial charge in [0.25, 0.3) is 0 Å². The lowest BCUT2D eigenvalue weighted by Crippen LogP contribution is -2.59. The van der Waals surface area contributed by atoms with Gasteiger partial charge in [-0.1, -0.05) is 34.1 Å². The number of aliphatic hydroxyl groups is 1. The maximum Gasteiger partial charge on any atom is 0.326 e. The lowest BCUT2D eigenvalue weighted by molar-refractivity contribution is -0.142. The fourth-order valence-corrected chi connectivity index (χ4v) is 2.99. The Morgan fingerprint density at radius 2 is 1.53 bits per heavy atom. The van der Waals surface area contributed by atoms with Crippen molar-refractivity contribution < 1.29 is 29.4 Å². The Balaban J connectivity index is 5.15. The summed E-state index contributed by atoms with van der Waals surface area (Å²) in [6.07, 6.45) is 2.71. The molecule has 0 spiro atoms. The van der Waals surface area contributed by atoms with E-state index in [2.05, 4.69) is 16.0 Å². The first-order valence-electron chi connectivity index (χ1n) is 9.99. The Labute approximate surface area is 182 Å². The number of hydrogen-bond donors (Lipinski definition) is 6. The first-order valence-corrected chi connectivity index (χ1v) is 11.4. The number of carboxylic acids is 1. The van der Waals surface area contributed by atoms with E-state index in [1.165, 1.54) is 11.8 Å². The lowest BCUT2D eigenvalue weighted by Gasteiger charge is -2.27. The fourth-order valence-electron chi connectivity index (χ4n) is 2.52. The number of aliphatic hydroxyl groups excluding tert-OH is 1. The van der Waals surface area contributed by atoms with Crippen LogP contribution in [-0.2, 0) is 19.2 Å². The first-order chi connectivity index (χ1) is 14.0. The predicted molar refractivity (Wildman–Crippen MR) is 116 cm³/mol. The molecule has 0 saturated carbocycles. The maximum absolute atomic E-state index is 12.7. The minimum Gasteiger partial charge on any atom is -0.480 e. The van der Waals surface area contributed by atoms with Crippen molar-refractivity contribution in [3.63, 3.8) is 0 Å². The second-order valence-electron chi connectivity index (χ2n) is 7.57. The van der Waals surface area contributed by atoms with Crippen LogP contribution in [0.4, 0.5) is 0 Å². The molecule has 10 nitrogen and oxygen atoms in total. The molecule has 0 aliphatic rings. The van der Waals surface area contributed by atoms with Gasteiger partial charge in [0.15, 0.2) is 0 Å². The summed E-state index contributed by atoms with van der Waals surface area (Å²) in [6, 6.07) is -4.24. The van der Waals surface area contributed by atoms with Gasteiger partial charge in [0.05, 0.1) is 12.6 Å². The zero-order valence-electron chi connectivity index (χ0n) is 18.3. The molecule has 174 valence electrons. The number of hydrogen-bond acceptors (Lipinski definition) is 7. The molecule has 0 bridgehead atoms. The van der Waals surface area contributed by atoms with E-state index >= 15 is 0 Å². The summed E-state index contributed by atoms with van der Waals surface area (Å²) >= 11 is 1.43. The normalized spacial score (nSPS) is 16.1. The second-order valence-corrected chi connectivity index (χ2v) is 8.55. The zero-order valence-corrected chi connectivity index (χ0v) is 19.1. The Bertz CT molecular complexity index is 589. The standard InChI is InChI=1S/C19H36N4O6S/c1-6-11(4)14(20)17(26)23-15(10(2)3)18(27)22-13(9-24)16(25)21-12(19(28)29)7-8-30-5/h10-15,24H,6-9,20H2,1-5H3,(H,21,25)(H,22,27)(H,23,26)(H,28,29). The summed E-state index contributed by atoms with van der Waals surface area (Å²) in [5.74, 6) is -3.03. The summed E-state index contributed by atoms with van der Waals surface area (Å²) < 4.78 is 0. The Morgan fingerprint density at radius 3 is 1.97 bits per heavy atom. The molecule has 0 aliphatic heterocycles. The molecule has 0 radical (unpaired) electrons. The van der Waals surface area contributed by atoms with E-state index in [1.807, 2.05) is 20.1 Å². The third-order valence-corrected chi connectivity index (χ3v) is 5.49. The van der Waals surface area contributed by atoms with Gasteiger partial charge in [-0.15, -0.1) is 0 Å². The summed E-state index contributed by atoms with van der Waals surface area (Å²) in [5, 5.41) is 26.1. The fraction of sp³-hybridized carbons (Fsp3) is 0.789. The van der Waals surface area contributed by atoms with Crippen molar-refractivity contribution in [2.45, 2.75) is 64.7 Å². The van der Waals surface area contributed by atoms with Gasteiger partial charge < -0.3 is 31.9 Å². The number of carboxylic acid groups (broad SMARTS) is 1. The number of carbonyl (C=O) groups excluding carboxylic acids is 3. The van der Waals surface area contributed by atoms with Crippen molar-refractivity contribution in [2.75, 3.05) is 18.6 Å². The van der Waals surface area contributed by atoms with Gasteiger partial charge in [-0.2, -0.15) is 11.8 Å². The summed E-state index contributed by atoms with van der Waals surface area (Å²) in [5.41, 5.74) is 5.91. The highest BCUT2D eigenvalue weighted by molar-refractivity contribution is 7.98. The van der Waals surface area contributed by atoms with Crippen molar-refractivity contribution >= 4 is 35.5 Å². The summed E-state index contributed by atoms with van der Waals surface area (Å²) in [7, 11) is 0. The second kappa shape index (κ2) is 14.2. The van der Waals surface area contributed by atoms with Crippen molar-refractivity contribution in [1.82, 2.24) is 16.0 Å². The van der Waals surface area contributed by atoms with E-state index in [0.717, 1.165) is 0 Å². The van der Waals surface area contributed by atoms with E-state index in [0.29, 0.717) is 12.2 Å². The highest BCUT2D eigenvalue weighted by atomic mass is 32.2. The molecule has 0 heterocycles. The Hall–Kier alpha value is -1.85. The van der Waals surface area contributed by atoms with Gasteiger partial charge in [-0.05, 0) is 30.3 Å². The predicted octanol–water partition coefficient (Wildman–Crippen LogP) is -0.700. The van der Waals surface area contributed by atoms with Gasteiger partial charge >= 0.3 is 5.97 Å². The molecule has 11 heteroatoms. The molecule has 30 heavy (non-hydrogen) atoms. The first kappa shape index (κ1) is 28.1. The van der Waals surface area contributed by atoms with Crippen molar-refractivity contribution in [1.29, 1.82) is 0 Å². The van der Waals surface area contributed by atoms with Crippen LogP contribution in [0, 0.1) is 11.8 Å². The van der Waals surface area contributed by atoms with Crippen LogP contribution in [0.2, 0.25) is 0 Å². The molecule has 5 unspecified atom stereocenters. The molecule has 3 amide bonds. The molecule has 0 aliphatic carbocycles. The van der Waals surface area contributed by atoms with Crippen molar-refractivity contribution in [2.24, 2.45) is 17.6 Å². The summed E-state index contributed by atoms with van der Waals surface area (Å²) in [6.45, 7) is 6.44. The van der Waals surface area contributed by atoms with Crippen LogP contribution in [0.5, 0.6) is 0 Å². The van der Waals surface area contributed by atoms with E-state index in [-0.39, 0.29) is 18.3 Å². The van der Waals surface area contributed by atoms with E-state index in [4.69, 9.17) is 5.73 Å². The third-order valence-electron chi connectivity index (χ3n) is 4.85. The smallest absolute Gasteiger partial charge is 0.326 e. The quantitative estimate of drug-likeness (QED) is 0.202. The minimum atomic E-state index is -1.35. The maximum atomic E-state index is 12.7. The van der Waals surface area contributed by atoms with Crippen molar-refractivity contribution in [3.8, 4) is 0 Å². The molecule has 0 aromatic heterocycles. The average Bonchev–Trinajstić information content (AvgIpc) is 2.70. The number of carbonyl (C=O) groups is 4. The van der Waals surface area contributed by atoms with E-state index in [9.17, 15) is 29.4 Å². The van der Waals surface area contributed by atoms with Crippen LogP contribution in [0.3, 0.4) is 0 Å². The Morgan fingerprint density at radius 1 is 0.967 bits per heavy atom. The average molecular weight is 449 g/mol. The zero-order chi connectivity index (χ0) is 23.4. The molecule has 0 fully saturated rings. The van der Waals surface area contributed by atoms with Crippen LogP contribution in [0.25, 0.3) is 0 Å². The topological polar surface area (TPSA) is 171 Å². The lowest BCUT2D eigenvalue weighted by atomic mass is 9.97. The van der Waals surface area contributed by atoms with E-state index in [1.54, 1.807) is 13.8 Å². The third kappa shape index (κ3) is 9.31. The molecule has 7 N–H and O–H groups in total. The molecular formula is C19H36N4O6S. The number of amides is 3. The van der Waals surface area contributed by atoms with Crippen LogP contribution >= 0.6 is 11.8 Å². The van der Waals surface area contributed by atoms with E-state index < -0.39 is 54.5 Å². The summed E-state index contributed by atoms with van der Waals surface area (Å²) in [4.78, 5) is 48.7. The Kier molecular flexibility index (Phi) is 13.3. The van der Waals surface area contributed by atoms with Gasteiger partial charge in [0.1, 0.15) is 18.1 Å². The van der Waals surface area contributed by atoms with Crippen LogP contribution in [0.15, 0.2) is 0 Å². The van der Waals surface area contributed by atoms with Gasteiger partial charge in [0, 0.05) is 0 Å². The molecular weight excluding hydrogens is 412 g/mol. The molecule has 0 rings (SSSR count). The molecule has 0 aromatic rings. The largest absolute Gasteiger partial charge is 0.480 e. The number of thioether (sulfide) groups is 1. The highest BCUT2D eigenvalue weighted by Gasteiger charge is 2.32. The van der Waals surface area contributed by atoms with Crippen LogP contribution in [0.1, 0.15) is 40.5 Å². The highest BCUT2D eigenvalue weighted by Crippen LogP contribution is 2.08. The number of rotatable bonds is 14. The van der Waals surface area contributed by atoms with Gasteiger partial charge in [0.2, 0.25) is 17.7 Å². The molecule has 0 aromatic carbocycles. The molecule has 5 atom stereocenters. The monoisotopic (exact) mass is 448 g/mol. The molecule has 0 saturated heterocycles. The number of aliphatic carboxylic acids is 1. The van der Waals surface area contributed by atoms with Crippen molar-refractivity contribution in [3.05, 3.63) is 0 Å². The SMILES string of the molecule is CCC(C)C(N)C(=O)NC(C(=O)NC(CO)C(=O)NC(CCSC)C(=O)O)C(C)C. The number of nitrogens with one attached hydrogen (secondary N) is 3.